The second-order valence-electron chi connectivity index (χ2n) is 8.82. The van der Waals surface area contributed by atoms with Crippen molar-refractivity contribution < 1.29 is 27.5 Å². The molecule has 0 atom stereocenters. The number of anilines is 1. The van der Waals surface area contributed by atoms with Crippen LogP contribution in [-0.2, 0) is 14.8 Å². The van der Waals surface area contributed by atoms with Crippen molar-refractivity contribution in [3.05, 3.63) is 120 Å². The number of nitrogens with one attached hydrogen (secondary N) is 1. The fourth-order valence-corrected chi connectivity index (χ4v) is 5.13. The predicted molar refractivity (Wildman–Crippen MR) is 153 cm³/mol. The maximum absolute atomic E-state index is 13.3. The Balaban J connectivity index is 1.49. The Morgan fingerprint density at radius 1 is 0.750 bits per heavy atom. The van der Waals surface area contributed by atoms with Crippen molar-refractivity contribution in [1.29, 1.82) is 0 Å². The van der Waals surface area contributed by atoms with Gasteiger partial charge in [-0.15, -0.1) is 0 Å². The zero-order valence-corrected chi connectivity index (χ0v) is 22.1. The summed E-state index contributed by atoms with van der Waals surface area (Å²) in [7, 11) is -2.69. The lowest BCUT2D eigenvalue weighted by atomic mass is 10.0. The number of sulfonamides is 1. The fraction of sp³-hybridized carbons (Fsp3) is 0.0323. The summed E-state index contributed by atoms with van der Waals surface area (Å²) < 4.78 is 35.2. The molecule has 0 saturated carbocycles. The first kappa shape index (κ1) is 26.6. The highest BCUT2D eigenvalue weighted by Gasteiger charge is 2.21. The number of fused-ring (bicyclic) bond motifs is 1. The van der Waals surface area contributed by atoms with Crippen LogP contribution >= 0.6 is 0 Å². The van der Waals surface area contributed by atoms with Gasteiger partial charge in [0.1, 0.15) is 5.75 Å². The first-order chi connectivity index (χ1) is 19.3. The molecule has 0 bridgehead atoms. The number of nitrogens with two attached hydrogens (primary N) is 1. The van der Waals surface area contributed by atoms with Crippen molar-refractivity contribution in [2.75, 3.05) is 12.4 Å². The van der Waals surface area contributed by atoms with Crippen LogP contribution in [0.2, 0.25) is 0 Å². The van der Waals surface area contributed by atoms with Crippen molar-refractivity contribution >= 4 is 38.4 Å². The molecule has 5 rings (SSSR count). The molecule has 0 aliphatic carbocycles. The Labute approximate surface area is 231 Å². The number of para-hydroxylation sites is 1. The third kappa shape index (κ3) is 5.42. The van der Waals surface area contributed by atoms with Gasteiger partial charge in [0.25, 0.3) is 5.91 Å². The number of carbonyl (C=O) groups is 2. The normalized spacial score (nSPS) is 11.2. The van der Waals surface area contributed by atoms with Crippen LogP contribution in [0, 0.1) is 0 Å². The minimum atomic E-state index is -3.95. The largest absolute Gasteiger partial charge is 0.465 e. The summed E-state index contributed by atoms with van der Waals surface area (Å²) in [6.07, 6.45) is 0. The van der Waals surface area contributed by atoms with Gasteiger partial charge in [-0.2, -0.15) is 0 Å². The van der Waals surface area contributed by atoms with Crippen LogP contribution in [0.4, 0.5) is 5.69 Å². The lowest BCUT2D eigenvalue weighted by molar-refractivity contribution is 0.0601. The molecule has 5 aromatic carbocycles. The van der Waals surface area contributed by atoms with Gasteiger partial charge < -0.3 is 14.8 Å². The summed E-state index contributed by atoms with van der Waals surface area (Å²) in [5.74, 6) is -0.348. The average molecular weight is 553 g/mol. The van der Waals surface area contributed by atoms with Crippen LogP contribution in [-0.4, -0.2) is 27.4 Å². The first-order valence-corrected chi connectivity index (χ1v) is 13.7. The number of esters is 1. The minimum absolute atomic E-state index is 0.0190. The van der Waals surface area contributed by atoms with E-state index >= 15 is 0 Å². The number of rotatable bonds is 7. The molecule has 0 aliphatic rings. The van der Waals surface area contributed by atoms with Gasteiger partial charge in [-0.05, 0) is 47.3 Å². The van der Waals surface area contributed by atoms with Gasteiger partial charge in [0.05, 0.1) is 23.3 Å². The van der Waals surface area contributed by atoms with Gasteiger partial charge >= 0.3 is 5.97 Å². The van der Waals surface area contributed by atoms with E-state index in [1.807, 2.05) is 36.4 Å². The van der Waals surface area contributed by atoms with Gasteiger partial charge in [0, 0.05) is 16.5 Å². The molecular weight excluding hydrogens is 528 g/mol. The lowest BCUT2D eigenvalue weighted by Crippen LogP contribution is -2.16. The number of hydrogen-bond acceptors (Lipinski definition) is 6. The highest BCUT2D eigenvalue weighted by atomic mass is 32.2. The minimum Gasteiger partial charge on any atom is -0.465 e. The second-order valence-corrected chi connectivity index (χ2v) is 10.4. The molecular formula is C31H24N2O6S. The molecule has 200 valence electrons. The molecule has 8 nitrogen and oxygen atoms in total. The maximum Gasteiger partial charge on any atom is 0.340 e. The summed E-state index contributed by atoms with van der Waals surface area (Å²) in [6.45, 7) is 0. The Kier molecular flexibility index (Phi) is 7.33. The van der Waals surface area contributed by atoms with E-state index in [2.05, 4.69) is 5.32 Å². The first-order valence-electron chi connectivity index (χ1n) is 12.2. The smallest absolute Gasteiger partial charge is 0.340 e. The Morgan fingerprint density at radius 2 is 1.40 bits per heavy atom. The molecule has 0 aliphatic heterocycles. The van der Waals surface area contributed by atoms with Crippen LogP contribution in [0.15, 0.2) is 114 Å². The van der Waals surface area contributed by atoms with E-state index in [4.69, 9.17) is 14.6 Å². The highest BCUT2D eigenvalue weighted by Crippen LogP contribution is 2.36. The number of primary sulfonamides is 1. The molecule has 40 heavy (non-hydrogen) atoms. The van der Waals surface area contributed by atoms with Gasteiger partial charge in [0.15, 0.2) is 5.75 Å². The summed E-state index contributed by atoms with van der Waals surface area (Å²) in [6, 6.07) is 30.8. The highest BCUT2D eigenvalue weighted by molar-refractivity contribution is 7.89. The van der Waals surface area contributed by atoms with E-state index in [1.165, 1.54) is 19.2 Å². The van der Waals surface area contributed by atoms with Crippen molar-refractivity contribution in [2.45, 2.75) is 4.90 Å². The molecule has 0 unspecified atom stereocenters. The van der Waals surface area contributed by atoms with Crippen molar-refractivity contribution in [3.63, 3.8) is 0 Å². The molecule has 5 aromatic rings. The van der Waals surface area contributed by atoms with Crippen LogP contribution in [0.25, 0.3) is 21.9 Å². The third-order valence-corrected chi connectivity index (χ3v) is 7.26. The maximum atomic E-state index is 13.3. The molecule has 0 heterocycles. The number of carbonyl (C=O) groups excluding carboxylic acids is 2. The lowest BCUT2D eigenvalue weighted by Gasteiger charge is -2.16. The molecule has 9 heteroatoms. The SMILES string of the molecule is COC(=O)c1cccc(Oc2cccc3ccccc23)c1NC(=O)c1ccc(-c2ccccc2S(N)(=O)=O)cc1. The van der Waals surface area contributed by atoms with Gasteiger partial charge in [-0.1, -0.05) is 72.8 Å². The fourth-order valence-electron chi connectivity index (χ4n) is 4.37. The number of ether oxygens (including phenoxy) is 2. The quantitative estimate of drug-likeness (QED) is 0.239. The van der Waals surface area contributed by atoms with Crippen molar-refractivity contribution in [1.82, 2.24) is 0 Å². The van der Waals surface area contributed by atoms with E-state index in [0.29, 0.717) is 16.9 Å². The Bertz CT molecular complexity index is 1850. The van der Waals surface area contributed by atoms with E-state index in [0.717, 1.165) is 10.8 Å². The van der Waals surface area contributed by atoms with Gasteiger partial charge in [-0.3, -0.25) is 4.79 Å². The molecule has 0 spiro atoms. The average Bonchev–Trinajstić information content (AvgIpc) is 2.97. The molecule has 0 saturated heterocycles. The molecule has 0 aromatic heterocycles. The van der Waals surface area contributed by atoms with E-state index in [9.17, 15) is 18.0 Å². The monoisotopic (exact) mass is 552 g/mol. The number of methoxy groups -OCH3 is 1. The zero-order chi connectivity index (χ0) is 28.3. The third-order valence-electron chi connectivity index (χ3n) is 6.29. The molecule has 1 amide bonds. The number of hydrogen-bond donors (Lipinski definition) is 2. The number of amides is 1. The van der Waals surface area contributed by atoms with Crippen LogP contribution in [0.1, 0.15) is 20.7 Å². The topological polar surface area (TPSA) is 125 Å². The zero-order valence-electron chi connectivity index (χ0n) is 21.3. The standard InChI is InChI=1S/C31H24N2O6S/c1-38-31(35)25-12-7-14-27(39-26-13-6-9-20-8-2-3-10-23(20)26)29(25)33-30(34)22-18-16-21(17-19-22)24-11-4-5-15-28(24)40(32,36)37/h2-19H,1H3,(H,33,34)(H2,32,36,37). The summed E-state index contributed by atoms with van der Waals surface area (Å²) in [5.41, 5.74) is 1.52. The van der Waals surface area contributed by atoms with Crippen molar-refractivity contribution in [2.24, 2.45) is 5.14 Å². The van der Waals surface area contributed by atoms with Crippen LogP contribution in [0.5, 0.6) is 11.5 Å². The summed E-state index contributed by atoms with van der Waals surface area (Å²) in [4.78, 5) is 25.9. The summed E-state index contributed by atoms with van der Waals surface area (Å²) >= 11 is 0. The second kappa shape index (κ2) is 11.0. The molecule has 0 radical (unpaired) electrons. The number of benzene rings is 5. The Hall–Kier alpha value is -4.99. The van der Waals surface area contributed by atoms with Gasteiger partial charge in [-0.25, -0.2) is 18.4 Å². The van der Waals surface area contributed by atoms with Gasteiger partial charge in [0.2, 0.25) is 10.0 Å². The Morgan fingerprint density at radius 3 is 2.15 bits per heavy atom. The van der Waals surface area contributed by atoms with Crippen LogP contribution in [0.3, 0.4) is 0 Å². The van der Waals surface area contributed by atoms with Crippen molar-refractivity contribution in [3.8, 4) is 22.6 Å². The van der Waals surface area contributed by atoms with Crippen LogP contribution < -0.4 is 15.2 Å². The van der Waals surface area contributed by atoms with E-state index in [-0.39, 0.29) is 27.5 Å². The molecule has 3 N–H and O–H groups in total. The summed E-state index contributed by atoms with van der Waals surface area (Å²) in [5, 5.41) is 9.99. The van der Waals surface area contributed by atoms with E-state index < -0.39 is 21.9 Å². The molecule has 0 fully saturated rings. The predicted octanol–water partition coefficient (Wildman–Crippen LogP) is 5.99. The van der Waals surface area contributed by atoms with E-state index in [1.54, 1.807) is 60.7 Å².